The summed E-state index contributed by atoms with van der Waals surface area (Å²) in [4.78, 5) is 1.26. The van der Waals surface area contributed by atoms with Gasteiger partial charge in [0.2, 0.25) is 0 Å². The van der Waals surface area contributed by atoms with Crippen molar-refractivity contribution in [2.45, 2.75) is 31.3 Å². The molecule has 2 heteroatoms. The number of benzene rings is 1. The number of thioether (sulfide) groups is 1. The fraction of sp³-hybridized carbons (Fsp3) is 0.385. The first kappa shape index (κ1) is 12.3. The highest BCUT2D eigenvalue weighted by Crippen LogP contribution is 2.20. The van der Waals surface area contributed by atoms with Crippen LogP contribution in [0.1, 0.15) is 20.8 Å². The second kappa shape index (κ2) is 5.38. The van der Waals surface area contributed by atoms with Gasteiger partial charge in [0.05, 0.1) is 5.60 Å². The molecule has 0 fully saturated rings. The Bertz CT molecular complexity index is 322. The predicted molar refractivity (Wildman–Crippen MR) is 67.2 cm³/mol. The third-order valence-electron chi connectivity index (χ3n) is 2.35. The Kier molecular flexibility index (Phi) is 4.43. The summed E-state index contributed by atoms with van der Waals surface area (Å²) in [6, 6.07) is 10.3. The lowest BCUT2D eigenvalue weighted by atomic mass is 10.0. The standard InChI is InChI=1S/C13H18OS/c1-11(13(2,3)14)9-10-15-12-7-5-4-6-8-12/h4-9,14H,10H2,1-3H3/b11-9+. The van der Waals surface area contributed by atoms with Gasteiger partial charge < -0.3 is 5.11 Å². The van der Waals surface area contributed by atoms with Crippen LogP contribution in [0.3, 0.4) is 0 Å². The van der Waals surface area contributed by atoms with E-state index in [4.69, 9.17) is 0 Å². The SMILES string of the molecule is C/C(=C\CSc1ccccc1)C(C)(C)O. The second-order valence-corrected chi connectivity index (χ2v) is 5.16. The predicted octanol–water partition coefficient (Wildman–Crippen LogP) is 3.50. The summed E-state index contributed by atoms with van der Waals surface area (Å²) in [5.74, 6) is 0.903. The van der Waals surface area contributed by atoms with Gasteiger partial charge in [-0.15, -0.1) is 11.8 Å². The topological polar surface area (TPSA) is 20.2 Å². The fourth-order valence-electron chi connectivity index (χ4n) is 1.03. The molecule has 0 heterocycles. The summed E-state index contributed by atoms with van der Waals surface area (Å²) < 4.78 is 0. The monoisotopic (exact) mass is 222 g/mol. The summed E-state index contributed by atoms with van der Waals surface area (Å²) in [6.45, 7) is 5.59. The summed E-state index contributed by atoms with van der Waals surface area (Å²) in [5.41, 5.74) is 0.322. The Morgan fingerprint density at radius 1 is 1.33 bits per heavy atom. The fourth-order valence-corrected chi connectivity index (χ4v) is 1.90. The van der Waals surface area contributed by atoms with Gasteiger partial charge in [0.25, 0.3) is 0 Å². The first-order chi connectivity index (χ1) is 7.00. The van der Waals surface area contributed by atoms with Gasteiger partial charge in [-0.3, -0.25) is 0 Å². The van der Waals surface area contributed by atoms with Crippen molar-refractivity contribution in [1.82, 2.24) is 0 Å². The molecule has 0 aliphatic rings. The summed E-state index contributed by atoms with van der Waals surface area (Å²) in [6.07, 6.45) is 2.08. The van der Waals surface area contributed by atoms with Crippen LogP contribution in [0.25, 0.3) is 0 Å². The van der Waals surface area contributed by atoms with Crippen molar-refractivity contribution in [2.24, 2.45) is 0 Å². The summed E-state index contributed by atoms with van der Waals surface area (Å²) in [5, 5.41) is 9.71. The average molecular weight is 222 g/mol. The smallest absolute Gasteiger partial charge is 0.0798 e. The first-order valence-corrected chi connectivity index (χ1v) is 6.06. The molecular formula is C13H18OS. The number of hydrogen-bond acceptors (Lipinski definition) is 2. The van der Waals surface area contributed by atoms with Crippen molar-refractivity contribution in [1.29, 1.82) is 0 Å². The molecule has 0 atom stereocenters. The van der Waals surface area contributed by atoms with Gasteiger partial charge in [0.15, 0.2) is 0 Å². The van der Waals surface area contributed by atoms with Crippen molar-refractivity contribution < 1.29 is 5.11 Å². The lowest BCUT2D eigenvalue weighted by Gasteiger charge is -2.17. The third kappa shape index (κ3) is 4.54. The van der Waals surface area contributed by atoms with Gasteiger partial charge in [-0.25, -0.2) is 0 Å². The van der Waals surface area contributed by atoms with E-state index < -0.39 is 5.60 Å². The minimum atomic E-state index is -0.697. The molecule has 0 unspecified atom stereocenters. The maximum atomic E-state index is 9.71. The van der Waals surface area contributed by atoms with E-state index in [2.05, 4.69) is 18.2 Å². The molecule has 0 spiro atoms. The lowest BCUT2D eigenvalue weighted by molar-refractivity contribution is 0.120. The summed E-state index contributed by atoms with van der Waals surface area (Å²) in [7, 11) is 0. The van der Waals surface area contributed by atoms with Crippen LogP contribution in [-0.2, 0) is 0 Å². The molecular weight excluding hydrogens is 204 g/mol. The van der Waals surface area contributed by atoms with Crippen molar-refractivity contribution in [3.63, 3.8) is 0 Å². The minimum absolute atomic E-state index is 0.697. The van der Waals surface area contributed by atoms with Crippen LogP contribution in [-0.4, -0.2) is 16.5 Å². The molecule has 1 aromatic carbocycles. The highest BCUT2D eigenvalue weighted by atomic mass is 32.2. The van der Waals surface area contributed by atoms with E-state index in [9.17, 15) is 5.11 Å². The number of hydrogen-bond donors (Lipinski definition) is 1. The average Bonchev–Trinajstić information content (AvgIpc) is 2.18. The van der Waals surface area contributed by atoms with Crippen LogP contribution in [0.15, 0.2) is 46.9 Å². The van der Waals surface area contributed by atoms with E-state index >= 15 is 0 Å². The maximum absolute atomic E-state index is 9.71. The van der Waals surface area contributed by atoms with E-state index in [1.165, 1.54) is 4.90 Å². The summed E-state index contributed by atoms with van der Waals surface area (Å²) >= 11 is 1.78. The Morgan fingerprint density at radius 2 is 1.93 bits per heavy atom. The quantitative estimate of drug-likeness (QED) is 0.621. The van der Waals surface area contributed by atoms with Crippen molar-refractivity contribution in [2.75, 3.05) is 5.75 Å². The molecule has 0 aromatic heterocycles. The lowest BCUT2D eigenvalue weighted by Crippen LogP contribution is -2.20. The van der Waals surface area contributed by atoms with Crippen LogP contribution in [0.2, 0.25) is 0 Å². The van der Waals surface area contributed by atoms with E-state index in [1.807, 2.05) is 39.0 Å². The molecule has 0 aliphatic heterocycles. The zero-order valence-corrected chi connectivity index (χ0v) is 10.3. The van der Waals surface area contributed by atoms with Crippen LogP contribution in [0, 0.1) is 0 Å². The molecule has 1 nitrogen and oxygen atoms in total. The highest BCUT2D eigenvalue weighted by Gasteiger charge is 2.13. The molecule has 82 valence electrons. The van der Waals surface area contributed by atoms with Gasteiger partial charge in [0, 0.05) is 10.6 Å². The van der Waals surface area contributed by atoms with E-state index in [-0.39, 0.29) is 0 Å². The van der Waals surface area contributed by atoms with Crippen molar-refractivity contribution in [3.05, 3.63) is 42.0 Å². The second-order valence-electron chi connectivity index (χ2n) is 4.07. The zero-order chi connectivity index (χ0) is 11.3. The molecule has 0 amide bonds. The highest BCUT2D eigenvalue weighted by molar-refractivity contribution is 7.99. The molecule has 0 saturated heterocycles. The maximum Gasteiger partial charge on any atom is 0.0798 e. The Labute approximate surface area is 96.2 Å². The Balaban J connectivity index is 2.46. The minimum Gasteiger partial charge on any atom is -0.386 e. The Morgan fingerprint density at radius 3 is 2.47 bits per heavy atom. The molecule has 0 aliphatic carbocycles. The molecule has 15 heavy (non-hydrogen) atoms. The zero-order valence-electron chi connectivity index (χ0n) is 9.53. The van der Waals surface area contributed by atoms with E-state index in [0.29, 0.717) is 0 Å². The molecule has 0 radical (unpaired) electrons. The molecule has 1 rings (SSSR count). The van der Waals surface area contributed by atoms with E-state index in [1.54, 1.807) is 11.8 Å². The van der Waals surface area contributed by atoms with Gasteiger partial charge >= 0.3 is 0 Å². The van der Waals surface area contributed by atoms with Crippen LogP contribution in [0.4, 0.5) is 0 Å². The normalized spacial score (nSPS) is 12.9. The molecule has 0 saturated carbocycles. The molecule has 0 bridgehead atoms. The Hall–Kier alpha value is -0.730. The number of rotatable bonds is 4. The molecule has 1 N–H and O–H groups in total. The van der Waals surface area contributed by atoms with Gasteiger partial charge in [-0.2, -0.15) is 0 Å². The van der Waals surface area contributed by atoms with Crippen molar-refractivity contribution >= 4 is 11.8 Å². The van der Waals surface area contributed by atoms with Crippen LogP contribution < -0.4 is 0 Å². The number of aliphatic hydroxyl groups is 1. The van der Waals surface area contributed by atoms with Gasteiger partial charge in [-0.05, 0) is 38.5 Å². The van der Waals surface area contributed by atoms with Crippen LogP contribution >= 0.6 is 11.8 Å². The van der Waals surface area contributed by atoms with Gasteiger partial charge in [-0.1, -0.05) is 24.3 Å². The molecule has 1 aromatic rings. The van der Waals surface area contributed by atoms with Crippen molar-refractivity contribution in [3.8, 4) is 0 Å². The largest absolute Gasteiger partial charge is 0.386 e. The third-order valence-corrected chi connectivity index (χ3v) is 3.29. The van der Waals surface area contributed by atoms with Crippen LogP contribution in [0.5, 0.6) is 0 Å². The van der Waals surface area contributed by atoms with E-state index in [0.717, 1.165) is 11.3 Å². The van der Waals surface area contributed by atoms with Gasteiger partial charge in [0.1, 0.15) is 0 Å². The first-order valence-electron chi connectivity index (χ1n) is 5.07.